The SMILES string of the molecule is NC/C(=C\F)Cn1ncn(Cc2ccc(-c3cc(F)c4c(c3)C=NC4=O)s2)c1=O. The fourth-order valence-corrected chi connectivity index (χ4v) is 3.99. The van der Waals surface area contributed by atoms with Crippen molar-refractivity contribution in [3.8, 4) is 10.4 Å². The molecule has 0 unspecified atom stereocenters. The number of hydrogen-bond donors (Lipinski definition) is 1. The third-order valence-corrected chi connectivity index (χ3v) is 5.61. The number of nitrogens with zero attached hydrogens (tertiary/aromatic N) is 4. The van der Waals surface area contributed by atoms with E-state index in [9.17, 15) is 18.4 Å². The summed E-state index contributed by atoms with van der Waals surface area (Å²) in [6.07, 6.45) is 3.12. The molecule has 0 fully saturated rings. The number of rotatable bonds is 6. The minimum atomic E-state index is -0.607. The van der Waals surface area contributed by atoms with E-state index in [0.717, 1.165) is 14.4 Å². The lowest BCUT2D eigenvalue weighted by Gasteiger charge is -2.03. The summed E-state index contributed by atoms with van der Waals surface area (Å²) in [6.45, 7) is 0.259. The highest BCUT2D eigenvalue weighted by molar-refractivity contribution is 7.15. The van der Waals surface area contributed by atoms with Gasteiger partial charge in [-0.05, 0) is 35.4 Å². The van der Waals surface area contributed by atoms with Gasteiger partial charge in [-0.25, -0.2) is 23.2 Å². The van der Waals surface area contributed by atoms with Crippen LogP contribution < -0.4 is 11.4 Å². The van der Waals surface area contributed by atoms with Gasteiger partial charge in [0.1, 0.15) is 12.1 Å². The molecule has 2 aromatic heterocycles. The van der Waals surface area contributed by atoms with Crippen LogP contribution >= 0.6 is 11.3 Å². The topological polar surface area (TPSA) is 95.3 Å². The molecular weight excluding hydrogens is 400 g/mol. The average Bonchev–Trinajstić information content (AvgIpc) is 3.41. The standard InChI is InChI=1S/C19H15F2N5O2S/c20-5-11(6-22)8-26-19(28)25(10-24-26)9-14-1-2-16(29-14)12-3-13-7-23-18(27)17(13)15(21)4-12/h1-5,7,10H,6,8-9,22H2/b11-5+. The summed E-state index contributed by atoms with van der Waals surface area (Å²) < 4.78 is 29.5. The number of amides is 1. The summed E-state index contributed by atoms with van der Waals surface area (Å²) in [5, 5.41) is 3.98. The van der Waals surface area contributed by atoms with E-state index in [-0.39, 0.29) is 36.5 Å². The number of aromatic nitrogens is 3. The molecule has 29 heavy (non-hydrogen) atoms. The summed E-state index contributed by atoms with van der Waals surface area (Å²) >= 11 is 1.39. The molecule has 0 aliphatic carbocycles. The molecule has 0 saturated carbocycles. The second-order valence-electron chi connectivity index (χ2n) is 6.42. The van der Waals surface area contributed by atoms with Gasteiger partial charge in [0.05, 0.1) is 25.0 Å². The molecule has 0 saturated heterocycles. The molecule has 3 aromatic rings. The van der Waals surface area contributed by atoms with Crippen LogP contribution in [0.5, 0.6) is 0 Å². The van der Waals surface area contributed by atoms with E-state index in [1.807, 2.05) is 12.1 Å². The molecule has 0 atom stereocenters. The monoisotopic (exact) mass is 415 g/mol. The second-order valence-corrected chi connectivity index (χ2v) is 7.59. The maximum absolute atomic E-state index is 14.3. The number of benzene rings is 1. The summed E-state index contributed by atoms with van der Waals surface area (Å²) in [5.41, 5.74) is 6.36. The Bertz CT molecular complexity index is 1220. The molecule has 1 aromatic carbocycles. The Morgan fingerprint density at radius 2 is 2.10 bits per heavy atom. The maximum atomic E-state index is 14.3. The van der Waals surface area contributed by atoms with E-state index in [4.69, 9.17) is 5.73 Å². The largest absolute Gasteiger partial charge is 0.346 e. The van der Waals surface area contributed by atoms with Crippen molar-refractivity contribution in [3.63, 3.8) is 0 Å². The minimum Gasteiger partial charge on any atom is -0.327 e. The van der Waals surface area contributed by atoms with Gasteiger partial charge in [0.2, 0.25) is 0 Å². The number of fused-ring (bicyclic) bond motifs is 1. The van der Waals surface area contributed by atoms with E-state index in [1.54, 1.807) is 6.07 Å². The van der Waals surface area contributed by atoms with E-state index >= 15 is 0 Å². The Hall–Kier alpha value is -3.24. The van der Waals surface area contributed by atoms with Crippen LogP contribution in [-0.2, 0) is 13.1 Å². The van der Waals surface area contributed by atoms with Crippen molar-refractivity contribution in [1.29, 1.82) is 0 Å². The number of nitrogens with two attached hydrogens (primary N) is 1. The molecule has 10 heteroatoms. The van der Waals surface area contributed by atoms with Gasteiger partial charge in [-0.2, -0.15) is 5.10 Å². The first-order chi connectivity index (χ1) is 14.0. The van der Waals surface area contributed by atoms with Gasteiger partial charge in [-0.3, -0.25) is 9.36 Å². The summed E-state index contributed by atoms with van der Waals surface area (Å²) in [5.74, 6) is -1.18. The fourth-order valence-electron chi connectivity index (χ4n) is 3.00. The van der Waals surface area contributed by atoms with E-state index in [0.29, 0.717) is 17.5 Å². The number of halogens is 2. The fraction of sp³-hybridized carbons (Fsp3) is 0.158. The summed E-state index contributed by atoms with van der Waals surface area (Å²) in [6, 6.07) is 6.68. The zero-order chi connectivity index (χ0) is 20.5. The molecule has 7 nitrogen and oxygen atoms in total. The number of hydrogen-bond acceptors (Lipinski definition) is 5. The molecule has 1 amide bonds. The first kappa shape index (κ1) is 19.1. The molecule has 1 aliphatic rings. The highest BCUT2D eigenvalue weighted by atomic mass is 32.1. The number of carbonyl (C=O) groups is 1. The zero-order valence-corrected chi connectivity index (χ0v) is 15.8. The minimum absolute atomic E-state index is 0.00225. The molecule has 1 aliphatic heterocycles. The van der Waals surface area contributed by atoms with Crippen molar-refractivity contribution in [3.05, 3.63) is 74.8 Å². The third kappa shape index (κ3) is 3.59. The Labute approximate surface area is 167 Å². The molecule has 4 rings (SSSR count). The van der Waals surface area contributed by atoms with Crippen molar-refractivity contribution in [1.82, 2.24) is 14.3 Å². The molecule has 0 radical (unpaired) electrons. The van der Waals surface area contributed by atoms with Gasteiger partial charge in [-0.15, -0.1) is 11.3 Å². The van der Waals surface area contributed by atoms with Crippen molar-refractivity contribution in [2.24, 2.45) is 10.7 Å². The quantitative estimate of drug-likeness (QED) is 0.669. The predicted octanol–water partition coefficient (Wildman–Crippen LogP) is 2.35. The van der Waals surface area contributed by atoms with Crippen LogP contribution in [0.25, 0.3) is 10.4 Å². The van der Waals surface area contributed by atoms with Crippen LogP contribution in [0.15, 0.2) is 52.3 Å². The highest BCUT2D eigenvalue weighted by Crippen LogP contribution is 2.32. The van der Waals surface area contributed by atoms with Crippen molar-refractivity contribution in [2.75, 3.05) is 6.54 Å². The summed E-state index contributed by atoms with van der Waals surface area (Å²) in [7, 11) is 0. The molecule has 148 valence electrons. The van der Waals surface area contributed by atoms with E-state index in [2.05, 4.69) is 10.1 Å². The van der Waals surface area contributed by atoms with Crippen LogP contribution in [0, 0.1) is 5.82 Å². The van der Waals surface area contributed by atoms with Gasteiger partial charge in [-0.1, -0.05) is 0 Å². The van der Waals surface area contributed by atoms with Crippen LogP contribution in [0.3, 0.4) is 0 Å². The number of aliphatic imine (C=N–C) groups is 1. The molecular formula is C19H15F2N5O2S. The lowest BCUT2D eigenvalue weighted by molar-refractivity contribution is 0.100. The number of thiophene rings is 1. The average molecular weight is 415 g/mol. The lowest BCUT2D eigenvalue weighted by atomic mass is 10.0. The van der Waals surface area contributed by atoms with E-state index in [1.165, 1.54) is 34.5 Å². The van der Waals surface area contributed by atoms with Crippen molar-refractivity contribution in [2.45, 2.75) is 13.1 Å². The second kappa shape index (κ2) is 7.64. The first-order valence-electron chi connectivity index (χ1n) is 8.61. The molecule has 3 heterocycles. The maximum Gasteiger partial charge on any atom is 0.346 e. The van der Waals surface area contributed by atoms with Crippen molar-refractivity contribution >= 4 is 23.5 Å². The van der Waals surface area contributed by atoms with Gasteiger partial charge in [0, 0.05) is 28.1 Å². The van der Waals surface area contributed by atoms with E-state index < -0.39 is 11.7 Å². The van der Waals surface area contributed by atoms with Crippen LogP contribution in [0.1, 0.15) is 20.8 Å². The predicted molar refractivity (Wildman–Crippen MR) is 105 cm³/mol. The molecule has 2 N–H and O–H groups in total. The van der Waals surface area contributed by atoms with Crippen LogP contribution in [0.4, 0.5) is 8.78 Å². The smallest absolute Gasteiger partial charge is 0.327 e. The first-order valence-corrected chi connectivity index (χ1v) is 9.43. The van der Waals surface area contributed by atoms with Gasteiger partial charge in [0.25, 0.3) is 5.91 Å². The van der Waals surface area contributed by atoms with Crippen molar-refractivity contribution < 1.29 is 13.6 Å². The zero-order valence-electron chi connectivity index (χ0n) is 15.0. The third-order valence-electron chi connectivity index (χ3n) is 4.49. The molecule has 0 bridgehead atoms. The Kier molecular flexibility index (Phi) is 5.03. The highest BCUT2D eigenvalue weighted by Gasteiger charge is 2.22. The van der Waals surface area contributed by atoms with Gasteiger partial charge in [0.15, 0.2) is 0 Å². The Balaban J connectivity index is 1.56. The number of carbonyl (C=O) groups excluding carboxylic acids is 1. The van der Waals surface area contributed by atoms with Crippen LogP contribution in [0.2, 0.25) is 0 Å². The van der Waals surface area contributed by atoms with Gasteiger partial charge < -0.3 is 5.73 Å². The van der Waals surface area contributed by atoms with Gasteiger partial charge >= 0.3 is 5.69 Å². The van der Waals surface area contributed by atoms with Crippen LogP contribution in [-0.4, -0.2) is 33.0 Å². The summed E-state index contributed by atoms with van der Waals surface area (Å²) in [4.78, 5) is 29.2. The normalized spacial score (nSPS) is 13.3. The lowest BCUT2D eigenvalue weighted by Crippen LogP contribution is -2.26. The molecule has 0 spiro atoms. The Morgan fingerprint density at radius 1 is 1.28 bits per heavy atom. The Morgan fingerprint density at radius 3 is 2.86 bits per heavy atom.